The number of hydrogen-bond acceptors (Lipinski definition) is 5. The van der Waals surface area contributed by atoms with E-state index in [1.54, 1.807) is 24.9 Å². The Kier molecular flexibility index (Phi) is 4.67. The summed E-state index contributed by atoms with van der Waals surface area (Å²) < 4.78 is 6.80. The molecule has 0 bridgehead atoms. The monoisotopic (exact) mass is 346 g/mol. The first-order valence-electron chi connectivity index (χ1n) is 8.19. The molecule has 1 aliphatic rings. The number of carbonyl (C=O) groups excluding carboxylic acids is 2. The number of aromatic nitrogens is 2. The third-order valence-corrected chi connectivity index (χ3v) is 6.71. The fourth-order valence-corrected chi connectivity index (χ4v) is 4.90. The number of carbonyl (C=O) groups is 2. The van der Waals surface area contributed by atoms with Gasteiger partial charge in [0.25, 0.3) is 5.24 Å². The SMILES string of the molecule is Cc1cocc1[C@@H](SC(=O)n1ccnc1)[C@@]1(C)C(=O)CCC[C@@H]1C. The van der Waals surface area contributed by atoms with E-state index >= 15 is 0 Å². The van der Waals surface area contributed by atoms with E-state index in [0.717, 1.165) is 24.0 Å². The first-order valence-corrected chi connectivity index (χ1v) is 9.07. The zero-order chi connectivity index (χ0) is 17.3. The maximum atomic E-state index is 12.9. The molecule has 6 heteroatoms. The van der Waals surface area contributed by atoms with Crippen molar-refractivity contribution in [2.75, 3.05) is 0 Å². The second kappa shape index (κ2) is 6.59. The van der Waals surface area contributed by atoms with Crippen LogP contribution in [0.1, 0.15) is 49.5 Å². The van der Waals surface area contributed by atoms with Gasteiger partial charge < -0.3 is 4.42 Å². The number of rotatable bonds is 3. The molecule has 2 aromatic heterocycles. The maximum absolute atomic E-state index is 12.9. The second-order valence-corrected chi connectivity index (χ2v) is 7.80. The second-order valence-electron chi connectivity index (χ2n) is 6.74. The molecule has 0 amide bonds. The van der Waals surface area contributed by atoms with Crippen molar-refractivity contribution in [1.82, 2.24) is 9.55 Å². The van der Waals surface area contributed by atoms with Crippen molar-refractivity contribution in [2.24, 2.45) is 11.3 Å². The number of nitrogens with zero attached hydrogens (tertiary/aromatic N) is 2. The minimum atomic E-state index is -0.589. The van der Waals surface area contributed by atoms with Crippen LogP contribution in [0.2, 0.25) is 0 Å². The highest BCUT2D eigenvalue weighted by atomic mass is 32.2. The average molecular weight is 346 g/mol. The van der Waals surface area contributed by atoms with E-state index in [2.05, 4.69) is 11.9 Å². The van der Waals surface area contributed by atoms with E-state index in [4.69, 9.17) is 4.42 Å². The van der Waals surface area contributed by atoms with Gasteiger partial charge in [0.2, 0.25) is 0 Å². The smallest absolute Gasteiger partial charge is 0.291 e. The van der Waals surface area contributed by atoms with Crippen molar-refractivity contribution in [1.29, 1.82) is 0 Å². The highest BCUT2D eigenvalue weighted by Gasteiger charge is 2.49. The molecule has 3 atom stereocenters. The normalized spacial score (nSPS) is 25.6. The van der Waals surface area contributed by atoms with E-state index < -0.39 is 5.41 Å². The van der Waals surface area contributed by atoms with Crippen molar-refractivity contribution in [2.45, 2.75) is 45.3 Å². The number of Topliss-reactive ketones (excluding diaryl/α,β-unsaturated/α-hetero) is 1. The molecule has 0 unspecified atom stereocenters. The number of imidazole rings is 1. The van der Waals surface area contributed by atoms with Crippen molar-refractivity contribution < 1.29 is 14.0 Å². The molecule has 1 fully saturated rings. The first-order chi connectivity index (χ1) is 11.4. The van der Waals surface area contributed by atoms with E-state index in [9.17, 15) is 9.59 Å². The zero-order valence-electron chi connectivity index (χ0n) is 14.2. The summed E-state index contributed by atoms with van der Waals surface area (Å²) in [6.45, 7) is 6.07. The summed E-state index contributed by atoms with van der Waals surface area (Å²) >= 11 is 1.19. The predicted molar refractivity (Wildman–Crippen MR) is 92.9 cm³/mol. The zero-order valence-corrected chi connectivity index (χ0v) is 15.0. The molecule has 1 aliphatic carbocycles. The highest BCUT2D eigenvalue weighted by Crippen LogP contribution is 2.54. The van der Waals surface area contributed by atoms with Crippen LogP contribution in [0.4, 0.5) is 4.79 Å². The summed E-state index contributed by atoms with van der Waals surface area (Å²) in [6, 6.07) is 0. The quantitative estimate of drug-likeness (QED) is 0.811. The summed E-state index contributed by atoms with van der Waals surface area (Å²) in [7, 11) is 0. The number of furan rings is 1. The third kappa shape index (κ3) is 2.83. The minimum Gasteiger partial charge on any atom is -0.472 e. The lowest BCUT2D eigenvalue weighted by atomic mass is 9.64. The lowest BCUT2D eigenvalue weighted by molar-refractivity contribution is -0.133. The molecule has 0 N–H and O–H groups in total. The Morgan fingerprint density at radius 2 is 2.29 bits per heavy atom. The van der Waals surface area contributed by atoms with Crippen molar-refractivity contribution in [3.8, 4) is 0 Å². The lowest BCUT2D eigenvalue weighted by Crippen LogP contribution is -2.42. The average Bonchev–Trinajstić information content (AvgIpc) is 3.21. The summed E-state index contributed by atoms with van der Waals surface area (Å²) in [6.07, 6.45) is 10.5. The van der Waals surface area contributed by atoms with Crippen LogP contribution in [0.25, 0.3) is 0 Å². The van der Waals surface area contributed by atoms with Crippen LogP contribution < -0.4 is 0 Å². The number of ketones is 1. The Balaban J connectivity index is 2.01. The molecule has 0 aromatic carbocycles. The summed E-state index contributed by atoms with van der Waals surface area (Å²) in [4.78, 5) is 29.5. The van der Waals surface area contributed by atoms with Crippen LogP contribution in [0.5, 0.6) is 0 Å². The van der Waals surface area contributed by atoms with Gasteiger partial charge >= 0.3 is 0 Å². The van der Waals surface area contributed by atoms with Gasteiger partial charge in [-0.25, -0.2) is 4.98 Å². The molecule has 0 aliphatic heterocycles. The molecule has 5 nitrogen and oxygen atoms in total. The maximum Gasteiger partial charge on any atom is 0.291 e. The molecule has 1 saturated carbocycles. The van der Waals surface area contributed by atoms with Gasteiger partial charge in [-0.1, -0.05) is 25.6 Å². The Bertz CT molecular complexity index is 737. The van der Waals surface area contributed by atoms with Gasteiger partial charge in [0, 0.05) is 29.8 Å². The predicted octanol–water partition coefficient (Wildman–Crippen LogP) is 4.62. The molecular weight excluding hydrogens is 324 g/mol. The van der Waals surface area contributed by atoms with Crippen LogP contribution in [0, 0.1) is 18.3 Å². The van der Waals surface area contributed by atoms with Gasteiger partial charge in [0.15, 0.2) is 0 Å². The first kappa shape index (κ1) is 17.0. The Morgan fingerprint density at radius 3 is 2.88 bits per heavy atom. The lowest BCUT2D eigenvalue weighted by Gasteiger charge is -2.43. The molecular formula is C18H22N2O3S. The fourth-order valence-electron chi connectivity index (χ4n) is 3.49. The van der Waals surface area contributed by atoms with Crippen molar-refractivity contribution in [3.05, 3.63) is 42.4 Å². The molecule has 0 saturated heterocycles. The van der Waals surface area contributed by atoms with E-state index in [1.165, 1.54) is 22.7 Å². The number of aryl methyl sites for hydroxylation is 1. The van der Waals surface area contributed by atoms with Crippen molar-refractivity contribution >= 4 is 22.8 Å². The summed E-state index contributed by atoms with van der Waals surface area (Å²) in [5.41, 5.74) is 1.31. The molecule has 2 aromatic rings. The van der Waals surface area contributed by atoms with Gasteiger partial charge in [-0.2, -0.15) is 0 Å². The largest absolute Gasteiger partial charge is 0.472 e. The van der Waals surface area contributed by atoms with E-state index in [-0.39, 0.29) is 22.2 Å². The summed E-state index contributed by atoms with van der Waals surface area (Å²) in [5.74, 6) is 0.443. The molecule has 128 valence electrons. The van der Waals surface area contributed by atoms with Gasteiger partial charge in [0.05, 0.1) is 17.8 Å². The Labute approximate surface area is 145 Å². The van der Waals surface area contributed by atoms with Crippen molar-refractivity contribution in [3.63, 3.8) is 0 Å². The standard InChI is InChI=1S/C18H22N2O3S/c1-12-9-23-10-14(12)16(24-17(22)20-8-7-19-11-20)18(3)13(2)5-4-6-15(18)21/h7-11,13,16H,4-6H2,1-3H3/t13-,16+,18+/m0/s1. The molecule has 24 heavy (non-hydrogen) atoms. The molecule has 0 radical (unpaired) electrons. The van der Waals surface area contributed by atoms with Gasteiger partial charge in [-0.05, 0) is 31.2 Å². The van der Waals surface area contributed by atoms with Gasteiger partial charge in [0.1, 0.15) is 12.1 Å². The fraction of sp³-hybridized carbons (Fsp3) is 0.500. The van der Waals surface area contributed by atoms with Crippen LogP contribution in [-0.2, 0) is 4.79 Å². The Morgan fingerprint density at radius 1 is 1.50 bits per heavy atom. The molecule has 0 spiro atoms. The summed E-state index contributed by atoms with van der Waals surface area (Å²) in [5, 5.41) is -0.404. The highest BCUT2D eigenvalue weighted by molar-refractivity contribution is 8.13. The van der Waals surface area contributed by atoms with Crippen LogP contribution >= 0.6 is 11.8 Å². The Hall–Kier alpha value is -1.82. The van der Waals surface area contributed by atoms with Gasteiger partial charge in [-0.15, -0.1) is 0 Å². The third-order valence-electron chi connectivity index (χ3n) is 5.32. The van der Waals surface area contributed by atoms with E-state index in [1.807, 2.05) is 13.8 Å². The number of thioether (sulfide) groups is 1. The number of hydrogen-bond donors (Lipinski definition) is 0. The van der Waals surface area contributed by atoms with Gasteiger partial charge in [-0.3, -0.25) is 14.2 Å². The van der Waals surface area contributed by atoms with Crippen LogP contribution in [0.15, 0.2) is 35.7 Å². The topological polar surface area (TPSA) is 65.1 Å². The minimum absolute atomic E-state index is 0.134. The van der Waals surface area contributed by atoms with E-state index in [0.29, 0.717) is 6.42 Å². The molecule has 3 rings (SSSR count). The van der Waals surface area contributed by atoms with Crippen LogP contribution in [0.3, 0.4) is 0 Å². The molecule has 2 heterocycles. The van der Waals surface area contributed by atoms with Crippen LogP contribution in [-0.4, -0.2) is 20.6 Å².